The number of nitrogens with zero attached hydrogens (tertiary/aromatic N) is 1. The van der Waals surface area contributed by atoms with Crippen LogP contribution in [0.2, 0.25) is 0 Å². The van der Waals surface area contributed by atoms with Crippen molar-refractivity contribution < 1.29 is 13.2 Å². The normalized spacial score (nSPS) is 11.2. The molecule has 0 spiro atoms. The van der Waals surface area contributed by atoms with E-state index in [-0.39, 0.29) is 17.3 Å². The van der Waals surface area contributed by atoms with Gasteiger partial charge in [-0.3, -0.25) is 9.10 Å². The molecular formula is C24H25IN2O3S2. The third-order valence-electron chi connectivity index (χ3n) is 4.67. The maximum absolute atomic E-state index is 13.3. The van der Waals surface area contributed by atoms with Crippen molar-refractivity contribution in [3.05, 3.63) is 88.0 Å². The number of sulfonamides is 1. The van der Waals surface area contributed by atoms with E-state index in [0.717, 1.165) is 20.0 Å². The monoisotopic (exact) mass is 580 g/mol. The number of hydrogen-bond donors (Lipinski definition) is 1. The lowest BCUT2D eigenvalue weighted by molar-refractivity contribution is -0.119. The minimum absolute atomic E-state index is 0.154. The number of benzene rings is 3. The van der Waals surface area contributed by atoms with Crippen molar-refractivity contribution in [3.63, 3.8) is 0 Å². The number of aryl methyl sites for hydroxylation is 1. The molecule has 0 radical (unpaired) electrons. The molecule has 0 aliphatic carbocycles. The lowest BCUT2D eigenvalue weighted by Gasteiger charge is -2.24. The standard InChI is InChI=1S/C24H25IN2O3S2/c1-19-8-14-22(15-9-19)31-17-5-16-26-24(28)18-27(21-12-10-20(25)11-13-21)32(29,30)23-6-3-2-4-7-23/h2-4,6-15H,5,16-18H2,1H3,(H,26,28). The zero-order chi connectivity index (χ0) is 23.0. The lowest BCUT2D eigenvalue weighted by atomic mass is 10.2. The van der Waals surface area contributed by atoms with Crippen molar-refractivity contribution in [2.45, 2.75) is 23.1 Å². The molecule has 8 heteroatoms. The highest BCUT2D eigenvalue weighted by atomic mass is 127. The molecule has 3 aromatic carbocycles. The second-order valence-electron chi connectivity index (χ2n) is 7.17. The van der Waals surface area contributed by atoms with Gasteiger partial charge in [0.15, 0.2) is 0 Å². The van der Waals surface area contributed by atoms with Crippen molar-refractivity contribution >= 4 is 56.0 Å². The van der Waals surface area contributed by atoms with Gasteiger partial charge in [0.1, 0.15) is 6.54 Å². The molecule has 5 nitrogen and oxygen atoms in total. The van der Waals surface area contributed by atoms with Crippen molar-refractivity contribution in [2.75, 3.05) is 23.1 Å². The predicted octanol–water partition coefficient (Wildman–Crippen LogP) is 5.09. The first-order valence-electron chi connectivity index (χ1n) is 10.2. The molecule has 168 valence electrons. The summed E-state index contributed by atoms with van der Waals surface area (Å²) in [5, 5.41) is 2.85. The number of halogens is 1. The van der Waals surface area contributed by atoms with Crippen LogP contribution in [0.5, 0.6) is 0 Å². The molecule has 0 heterocycles. The number of anilines is 1. The molecule has 0 unspecified atom stereocenters. The first-order valence-corrected chi connectivity index (χ1v) is 13.7. The number of amides is 1. The molecular weight excluding hydrogens is 555 g/mol. The fourth-order valence-corrected chi connectivity index (χ4v) is 5.61. The van der Waals surface area contributed by atoms with Crippen molar-refractivity contribution in [1.29, 1.82) is 0 Å². The molecule has 1 N–H and O–H groups in total. The fourth-order valence-electron chi connectivity index (χ4n) is 2.95. The Morgan fingerprint density at radius 2 is 1.62 bits per heavy atom. The van der Waals surface area contributed by atoms with Gasteiger partial charge in [-0.05, 0) is 90.2 Å². The smallest absolute Gasteiger partial charge is 0.264 e. The van der Waals surface area contributed by atoms with E-state index in [1.165, 1.54) is 22.6 Å². The van der Waals surface area contributed by atoms with Crippen molar-refractivity contribution in [1.82, 2.24) is 5.32 Å². The summed E-state index contributed by atoms with van der Waals surface area (Å²) >= 11 is 3.90. The zero-order valence-corrected chi connectivity index (χ0v) is 21.5. The van der Waals surface area contributed by atoms with Gasteiger partial charge in [-0.2, -0.15) is 0 Å². The Labute approximate surface area is 207 Å². The highest BCUT2D eigenvalue weighted by Crippen LogP contribution is 2.24. The van der Waals surface area contributed by atoms with Gasteiger partial charge < -0.3 is 5.32 Å². The van der Waals surface area contributed by atoms with Crippen molar-refractivity contribution in [2.24, 2.45) is 0 Å². The van der Waals surface area contributed by atoms with Crippen LogP contribution < -0.4 is 9.62 Å². The fraction of sp³-hybridized carbons (Fsp3) is 0.208. The van der Waals surface area contributed by atoms with Crippen LogP contribution in [0.4, 0.5) is 5.69 Å². The third-order valence-corrected chi connectivity index (χ3v) is 8.27. The van der Waals surface area contributed by atoms with Crippen LogP contribution in [-0.2, 0) is 14.8 Å². The summed E-state index contributed by atoms with van der Waals surface area (Å²) in [5.74, 6) is 0.537. The van der Waals surface area contributed by atoms with Gasteiger partial charge in [-0.15, -0.1) is 11.8 Å². The Bertz CT molecular complexity index is 1120. The number of thioether (sulfide) groups is 1. The summed E-state index contributed by atoms with van der Waals surface area (Å²) in [6.45, 7) is 2.27. The Morgan fingerprint density at radius 1 is 0.969 bits per heavy atom. The number of carbonyl (C=O) groups is 1. The molecule has 0 bridgehead atoms. The topological polar surface area (TPSA) is 66.5 Å². The molecule has 32 heavy (non-hydrogen) atoms. The Kier molecular flexibility index (Phi) is 9.01. The average Bonchev–Trinajstić information content (AvgIpc) is 2.80. The summed E-state index contributed by atoms with van der Waals surface area (Å²) in [5.41, 5.74) is 1.68. The third kappa shape index (κ3) is 6.98. The van der Waals surface area contributed by atoms with Crippen molar-refractivity contribution in [3.8, 4) is 0 Å². The van der Waals surface area contributed by atoms with Gasteiger partial charge in [0.25, 0.3) is 10.0 Å². The molecule has 0 aliphatic heterocycles. The quantitative estimate of drug-likeness (QED) is 0.206. The summed E-state index contributed by atoms with van der Waals surface area (Å²) < 4.78 is 28.6. The Hall–Kier alpha value is -2.04. The largest absolute Gasteiger partial charge is 0.354 e. The molecule has 0 aromatic heterocycles. The van der Waals surface area contributed by atoms with Gasteiger partial charge in [0, 0.05) is 15.0 Å². The minimum Gasteiger partial charge on any atom is -0.354 e. The summed E-state index contributed by atoms with van der Waals surface area (Å²) in [6.07, 6.45) is 0.791. The highest BCUT2D eigenvalue weighted by molar-refractivity contribution is 14.1. The maximum atomic E-state index is 13.3. The molecule has 3 rings (SSSR count). The van der Waals surface area contributed by atoms with Crippen LogP contribution in [-0.4, -0.2) is 33.2 Å². The van der Waals surface area contributed by atoms with Gasteiger partial charge >= 0.3 is 0 Å². The Balaban J connectivity index is 1.61. The van der Waals surface area contributed by atoms with E-state index in [2.05, 4.69) is 59.1 Å². The first kappa shape index (κ1) is 24.6. The van der Waals surface area contributed by atoms with Crippen LogP contribution in [0, 0.1) is 10.5 Å². The van der Waals surface area contributed by atoms with E-state index in [4.69, 9.17) is 0 Å². The van der Waals surface area contributed by atoms with Gasteiger partial charge in [0.2, 0.25) is 5.91 Å². The van der Waals surface area contributed by atoms with E-state index in [0.29, 0.717) is 12.2 Å². The predicted molar refractivity (Wildman–Crippen MR) is 140 cm³/mol. The summed E-state index contributed by atoms with van der Waals surface area (Å²) in [6, 6.07) is 23.6. The molecule has 1 amide bonds. The molecule has 0 fully saturated rings. The lowest BCUT2D eigenvalue weighted by Crippen LogP contribution is -2.41. The SMILES string of the molecule is Cc1ccc(SCCCNC(=O)CN(c2ccc(I)cc2)S(=O)(=O)c2ccccc2)cc1. The molecule has 0 aliphatic rings. The molecule has 3 aromatic rings. The number of hydrogen-bond acceptors (Lipinski definition) is 4. The Morgan fingerprint density at radius 3 is 2.28 bits per heavy atom. The van der Waals surface area contributed by atoms with Gasteiger partial charge in [-0.25, -0.2) is 8.42 Å². The van der Waals surface area contributed by atoms with Gasteiger partial charge in [-0.1, -0.05) is 35.9 Å². The average molecular weight is 581 g/mol. The number of rotatable bonds is 10. The van der Waals surface area contributed by atoms with Crippen LogP contribution in [0.25, 0.3) is 0 Å². The first-order chi connectivity index (χ1) is 15.4. The van der Waals surface area contributed by atoms with Crippen LogP contribution in [0.1, 0.15) is 12.0 Å². The highest BCUT2D eigenvalue weighted by Gasteiger charge is 2.26. The number of carbonyl (C=O) groups excluding carboxylic acids is 1. The second-order valence-corrected chi connectivity index (χ2v) is 11.4. The van der Waals surface area contributed by atoms with E-state index in [1.54, 1.807) is 42.1 Å². The number of nitrogens with one attached hydrogen (secondary N) is 1. The minimum atomic E-state index is -3.87. The molecule has 0 atom stereocenters. The van der Waals surface area contributed by atoms with E-state index in [9.17, 15) is 13.2 Å². The van der Waals surface area contributed by atoms with Crippen LogP contribution >= 0.6 is 34.4 Å². The van der Waals surface area contributed by atoms with E-state index < -0.39 is 10.0 Å². The van der Waals surface area contributed by atoms with E-state index in [1.807, 2.05) is 12.1 Å². The van der Waals surface area contributed by atoms with E-state index >= 15 is 0 Å². The summed E-state index contributed by atoms with van der Waals surface area (Å²) in [4.78, 5) is 14.0. The molecule has 0 saturated heterocycles. The van der Waals surface area contributed by atoms with Gasteiger partial charge in [0.05, 0.1) is 10.6 Å². The second kappa shape index (κ2) is 11.7. The molecule has 0 saturated carbocycles. The zero-order valence-electron chi connectivity index (χ0n) is 17.7. The maximum Gasteiger partial charge on any atom is 0.264 e. The van der Waals surface area contributed by atoms with Crippen LogP contribution in [0.3, 0.4) is 0 Å². The van der Waals surface area contributed by atoms with Crippen LogP contribution in [0.15, 0.2) is 88.7 Å². The summed E-state index contributed by atoms with van der Waals surface area (Å²) in [7, 11) is -3.87.